The second kappa shape index (κ2) is 14.4. The van der Waals surface area contributed by atoms with E-state index in [1.807, 2.05) is 60.3 Å². The molecule has 2 heterocycles. The van der Waals surface area contributed by atoms with Gasteiger partial charge in [-0.3, -0.25) is 0 Å². The van der Waals surface area contributed by atoms with E-state index >= 15 is 0 Å². The molecule has 0 saturated carbocycles. The third-order valence-corrected chi connectivity index (χ3v) is 13.7. The Morgan fingerprint density at radius 2 is 0.839 bits per heavy atom. The lowest BCUT2D eigenvalue weighted by molar-refractivity contribution is 0.723. The van der Waals surface area contributed by atoms with E-state index in [1.54, 1.807) is 0 Å². The highest BCUT2D eigenvalue weighted by Crippen LogP contribution is 2.62. The van der Waals surface area contributed by atoms with Crippen LogP contribution in [0.1, 0.15) is 27.8 Å². The van der Waals surface area contributed by atoms with E-state index in [9.17, 15) is 5.26 Å². The molecular weight excluding hydrogens is 771 g/mol. The van der Waals surface area contributed by atoms with Gasteiger partial charge in [0.25, 0.3) is 0 Å². The molecule has 3 nitrogen and oxygen atoms in total. The maximum atomic E-state index is 9.52. The van der Waals surface area contributed by atoms with Crippen molar-refractivity contribution in [1.82, 2.24) is 9.97 Å². The van der Waals surface area contributed by atoms with Gasteiger partial charge in [-0.2, -0.15) is 5.26 Å². The van der Waals surface area contributed by atoms with Crippen LogP contribution < -0.4 is 0 Å². The van der Waals surface area contributed by atoms with Crippen LogP contribution in [0.4, 0.5) is 0 Å². The summed E-state index contributed by atoms with van der Waals surface area (Å²) in [6.07, 6.45) is 0. The summed E-state index contributed by atoms with van der Waals surface area (Å²) in [7, 11) is 0. The molecule has 1 aliphatic carbocycles. The van der Waals surface area contributed by atoms with Crippen LogP contribution in [0.25, 0.3) is 78.1 Å². The SMILES string of the molecule is N#Cc1ccc2cc(-c3ccc4c(c3)C3(c5cc(-c6ccc(-c7cc(-c8ccccc8)nc(-c8ccccc8)n7)cc6)ccc5S4)c4ccccc4-c4ccccc43)ccc2c1. The number of hydrogen-bond acceptors (Lipinski definition) is 4. The zero-order valence-electron chi connectivity index (χ0n) is 33.5. The molecule has 0 fully saturated rings. The molecule has 1 aromatic heterocycles. The first-order valence-corrected chi connectivity index (χ1v) is 21.7. The highest BCUT2D eigenvalue weighted by Gasteiger charge is 2.50. The molecule has 62 heavy (non-hydrogen) atoms. The summed E-state index contributed by atoms with van der Waals surface area (Å²) in [6, 6.07) is 78.3. The fourth-order valence-corrected chi connectivity index (χ4v) is 10.8. The summed E-state index contributed by atoms with van der Waals surface area (Å²) in [5.41, 5.74) is 17.4. The highest BCUT2D eigenvalue weighted by molar-refractivity contribution is 7.99. The first kappa shape index (κ1) is 36.0. The van der Waals surface area contributed by atoms with Crippen LogP contribution in [-0.4, -0.2) is 9.97 Å². The predicted molar refractivity (Wildman–Crippen MR) is 253 cm³/mol. The van der Waals surface area contributed by atoms with Crippen molar-refractivity contribution in [2.24, 2.45) is 0 Å². The van der Waals surface area contributed by atoms with E-state index in [0.717, 1.165) is 50.0 Å². The first-order chi connectivity index (χ1) is 30.6. The molecule has 0 bridgehead atoms. The number of aromatic nitrogens is 2. The van der Waals surface area contributed by atoms with Gasteiger partial charge in [0.05, 0.1) is 28.4 Å². The molecule has 0 radical (unpaired) electrons. The normalized spacial score (nSPS) is 12.9. The number of nitrogens with zero attached hydrogens (tertiary/aromatic N) is 3. The third-order valence-electron chi connectivity index (χ3n) is 12.6. The molecule has 4 heteroatoms. The van der Waals surface area contributed by atoms with Gasteiger partial charge in [-0.25, -0.2) is 9.97 Å². The summed E-state index contributed by atoms with van der Waals surface area (Å²) in [5, 5.41) is 11.7. The van der Waals surface area contributed by atoms with Gasteiger partial charge in [0.2, 0.25) is 0 Å². The predicted octanol–water partition coefficient (Wildman–Crippen LogP) is 14.7. The van der Waals surface area contributed by atoms with E-state index in [0.29, 0.717) is 11.4 Å². The van der Waals surface area contributed by atoms with Crippen LogP contribution in [-0.2, 0) is 5.41 Å². The van der Waals surface area contributed by atoms with Crippen molar-refractivity contribution in [3.63, 3.8) is 0 Å². The smallest absolute Gasteiger partial charge is 0.160 e. The molecule has 0 atom stereocenters. The number of rotatable bonds is 5. The summed E-state index contributed by atoms with van der Waals surface area (Å²) < 4.78 is 0. The van der Waals surface area contributed by atoms with Crippen LogP contribution in [0.3, 0.4) is 0 Å². The molecule has 288 valence electrons. The average Bonchev–Trinajstić information content (AvgIpc) is 3.64. The molecule has 1 spiro atoms. The Hall–Kier alpha value is -7.84. The number of fused-ring (bicyclic) bond motifs is 10. The van der Waals surface area contributed by atoms with Crippen LogP contribution in [0.5, 0.6) is 0 Å². The van der Waals surface area contributed by atoms with Gasteiger partial charge in [-0.15, -0.1) is 0 Å². The minimum absolute atomic E-state index is 0.532. The van der Waals surface area contributed by atoms with E-state index in [2.05, 4.69) is 170 Å². The van der Waals surface area contributed by atoms with Crippen LogP contribution >= 0.6 is 11.8 Å². The van der Waals surface area contributed by atoms with Crippen LogP contribution in [0, 0.1) is 11.3 Å². The maximum absolute atomic E-state index is 9.52. The molecule has 0 unspecified atom stereocenters. The molecule has 12 rings (SSSR count). The van der Waals surface area contributed by atoms with E-state index < -0.39 is 5.41 Å². The highest BCUT2D eigenvalue weighted by atomic mass is 32.2. The molecule has 0 N–H and O–H groups in total. The zero-order valence-corrected chi connectivity index (χ0v) is 34.3. The molecule has 2 aliphatic rings. The Balaban J connectivity index is 1.000. The zero-order chi connectivity index (χ0) is 41.2. The average molecular weight is 806 g/mol. The quantitative estimate of drug-likeness (QED) is 0.174. The van der Waals surface area contributed by atoms with Gasteiger partial charge >= 0.3 is 0 Å². The Labute approximate surface area is 364 Å². The molecule has 10 aromatic rings. The van der Waals surface area contributed by atoms with Crippen molar-refractivity contribution >= 4 is 22.5 Å². The lowest BCUT2D eigenvalue weighted by Gasteiger charge is -2.40. The maximum Gasteiger partial charge on any atom is 0.160 e. The van der Waals surface area contributed by atoms with E-state index in [4.69, 9.17) is 9.97 Å². The Bertz CT molecular complexity index is 3340. The van der Waals surface area contributed by atoms with Gasteiger partial charge in [0.15, 0.2) is 5.82 Å². The van der Waals surface area contributed by atoms with Gasteiger partial charge < -0.3 is 0 Å². The molecule has 1 aliphatic heterocycles. The second-order valence-electron chi connectivity index (χ2n) is 16.0. The lowest BCUT2D eigenvalue weighted by atomic mass is 9.66. The molecule has 9 aromatic carbocycles. The van der Waals surface area contributed by atoms with Crippen molar-refractivity contribution < 1.29 is 0 Å². The van der Waals surface area contributed by atoms with Crippen molar-refractivity contribution in [2.75, 3.05) is 0 Å². The minimum atomic E-state index is -0.532. The van der Waals surface area contributed by atoms with Crippen molar-refractivity contribution in [3.8, 4) is 73.4 Å². The summed E-state index contributed by atoms with van der Waals surface area (Å²) in [4.78, 5) is 12.6. The topological polar surface area (TPSA) is 49.6 Å². The largest absolute Gasteiger partial charge is 0.228 e. The van der Waals surface area contributed by atoms with Crippen LogP contribution in [0.2, 0.25) is 0 Å². The van der Waals surface area contributed by atoms with Crippen LogP contribution in [0.15, 0.2) is 222 Å². The Kier molecular flexibility index (Phi) is 8.38. The lowest BCUT2D eigenvalue weighted by Crippen LogP contribution is -2.32. The minimum Gasteiger partial charge on any atom is -0.228 e. The number of hydrogen-bond donors (Lipinski definition) is 0. The molecule has 0 amide bonds. The van der Waals surface area contributed by atoms with E-state index in [-0.39, 0.29) is 0 Å². The van der Waals surface area contributed by atoms with Gasteiger partial charge in [0.1, 0.15) is 0 Å². The summed E-state index contributed by atoms with van der Waals surface area (Å²) >= 11 is 1.86. The fraction of sp³-hybridized carbons (Fsp3) is 0.0172. The van der Waals surface area contributed by atoms with Gasteiger partial charge in [0, 0.05) is 26.5 Å². The summed E-state index contributed by atoms with van der Waals surface area (Å²) in [5.74, 6) is 0.707. The molecular formula is C58H35N3S. The van der Waals surface area contributed by atoms with Crippen molar-refractivity contribution in [3.05, 3.63) is 240 Å². The monoisotopic (exact) mass is 805 g/mol. The number of nitriles is 1. The van der Waals surface area contributed by atoms with Gasteiger partial charge in [-0.05, 0) is 115 Å². The third kappa shape index (κ3) is 5.74. The van der Waals surface area contributed by atoms with Crippen molar-refractivity contribution in [2.45, 2.75) is 15.2 Å². The standard InChI is InChI=1S/C58H35N3S/c59-36-37-19-20-43-32-44(26-25-42(43)31-37)46-28-30-56-52(34-46)58(49-17-9-7-15-47(49)48-16-8-10-18-50(48)58)51-33-45(27-29-55(51)62-56)38-21-23-40(24-22-38)54-35-53(39-11-3-1-4-12-39)60-57(61-54)41-13-5-2-6-14-41/h1-35H. The molecule has 0 saturated heterocycles. The first-order valence-electron chi connectivity index (χ1n) is 20.9. The second-order valence-corrected chi connectivity index (χ2v) is 17.1. The summed E-state index contributed by atoms with van der Waals surface area (Å²) in [6.45, 7) is 0. The van der Waals surface area contributed by atoms with Gasteiger partial charge in [-0.1, -0.05) is 176 Å². The Morgan fingerprint density at radius 3 is 1.47 bits per heavy atom. The Morgan fingerprint density at radius 1 is 0.371 bits per heavy atom. The van der Waals surface area contributed by atoms with E-state index in [1.165, 1.54) is 54.3 Å². The fourth-order valence-electron chi connectivity index (χ4n) is 9.66. The number of benzene rings is 9. The van der Waals surface area contributed by atoms with Crippen molar-refractivity contribution in [1.29, 1.82) is 5.26 Å².